The number of hydrogen-bond acceptors (Lipinski definition) is 5. The number of pyridine rings is 2. The fourth-order valence-electron chi connectivity index (χ4n) is 2.81. The molecule has 0 atom stereocenters. The van der Waals surface area contributed by atoms with Crippen molar-refractivity contribution in [3.8, 4) is 5.75 Å². The quantitative estimate of drug-likeness (QED) is 0.520. The van der Waals surface area contributed by atoms with Gasteiger partial charge in [0.05, 0.1) is 23.8 Å². The summed E-state index contributed by atoms with van der Waals surface area (Å²) in [6.07, 6.45) is 0. The van der Waals surface area contributed by atoms with Gasteiger partial charge in [0.15, 0.2) is 0 Å². The third-order valence-electron chi connectivity index (χ3n) is 3.97. The van der Waals surface area contributed by atoms with E-state index in [9.17, 15) is 0 Å². The smallest absolute Gasteiger partial charge is 0.132 e. The van der Waals surface area contributed by atoms with Crippen molar-refractivity contribution < 1.29 is 4.74 Å². The fraction of sp³-hybridized carbons (Fsp3) is 0.0526. The lowest BCUT2D eigenvalue weighted by Gasteiger charge is -2.14. The van der Waals surface area contributed by atoms with Gasteiger partial charge in [0.1, 0.15) is 17.4 Å². The minimum atomic E-state index is 0.452. The number of rotatable bonds is 3. The summed E-state index contributed by atoms with van der Waals surface area (Å²) >= 11 is 6.14. The first kappa shape index (κ1) is 15.5. The second-order valence-corrected chi connectivity index (χ2v) is 6.04. The first-order valence-electron chi connectivity index (χ1n) is 7.70. The zero-order chi connectivity index (χ0) is 17.4. The van der Waals surface area contributed by atoms with Gasteiger partial charge in [-0.15, -0.1) is 0 Å². The van der Waals surface area contributed by atoms with E-state index in [1.54, 1.807) is 13.2 Å². The Hall–Kier alpha value is -3.05. The van der Waals surface area contributed by atoms with Gasteiger partial charge in [-0.05, 0) is 48.5 Å². The number of fused-ring (bicyclic) bond motifs is 2. The van der Waals surface area contributed by atoms with E-state index < -0.39 is 0 Å². The minimum absolute atomic E-state index is 0.452. The Bertz CT molecular complexity index is 1100. The highest BCUT2D eigenvalue weighted by Crippen LogP contribution is 2.35. The molecule has 0 unspecified atom stereocenters. The SMILES string of the molecule is COc1ccc2nc3cc(Cl)ccc3c(Nc3cccc(N)n3)c2c1. The molecule has 0 saturated carbocycles. The van der Waals surface area contributed by atoms with Gasteiger partial charge in [0, 0.05) is 15.8 Å². The van der Waals surface area contributed by atoms with Crippen LogP contribution in [0.5, 0.6) is 5.75 Å². The van der Waals surface area contributed by atoms with Gasteiger partial charge in [0.25, 0.3) is 0 Å². The van der Waals surface area contributed by atoms with Crippen LogP contribution in [0.2, 0.25) is 5.02 Å². The number of nitrogens with two attached hydrogens (primary N) is 1. The van der Waals surface area contributed by atoms with Crippen LogP contribution in [-0.4, -0.2) is 17.1 Å². The summed E-state index contributed by atoms with van der Waals surface area (Å²) in [5.41, 5.74) is 8.32. The molecule has 3 N–H and O–H groups in total. The standard InChI is InChI=1S/C19H15ClN4O/c1-25-12-6-8-15-14(10-12)19(24-18-4-2-3-17(21)23-18)13-7-5-11(20)9-16(13)22-15/h2-10H,1H3,(H3,21,22,23,24). The fourth-order valence-corrected chi connectivity index (χ4v) is 2.97. The molecule has 124 valence electrons. The molecule has 0 saturated heterocycles. The van der Waals surface area contributed by atoms with Crippen LogP contribution in [0.15, 0.2) is 54.6 Å². The van der Waals surface area contributed by atoms with Gasteiger partial charge in [-0.3, -0.25) is 0 Å². The molecular formula is C19H15ClN4O. The monoisotopic (exact) mass is 350 g/mol. The molecule has 0 aliphatic rings. The van der Waals surface area contributed by atoms with Gasteiger partial charge >= 0.3 is 0 Å². The van der Waals surface area contributed by atoms with Gasteiger partial charge in [0.2, 0.25) is 0 Å². The number of methoxy groups -OCH3 is 1. The molecule has 6 heteroatoms. The Kier molecular flexibility index (Phi) is 3.78. The molecule has 25 heavy (non-hydrogen) atoms. The third kappa shape index (κ3) is 2.90. The number of nitrogens with one attached hydrogen (secondary N) is 1. The molecule has 2 heterocycles. The molecular weight excluding hydrogens is 336 g/mol. The first-order chi connectivity index (χ1) is 12.1. The molecule has 0 spiro atoms. The number of halogens is 1. The number of hydrogen-bond donors (Lipinski definition) is 2. The second kappa shape index (κ2) is 6.11. The highest BCUT2D eigenvalue weighted by atomic mass is 35.5. The molecule has 2 aromatic heterocycles. The topological polar surface area (TPSA) is 73.1 Å². The van der Waals surface area contributed by atoms with E-state index in [2.05, 4.69) is 10.3 Å². The van der Waals surface area contributed by atoms with Crippen LogP contribution in [0, 0.1) is 0 Å². The molecule has 4 rings (SSSR count). The third-order valence-corrected chi connectivity index (χ3v) is 4.20. The summed E-state index contributed by atoms with van der Waals surface area (Å²) in [4.78, 5) is 9.04. The van der Waals surface area contributed by atoms with Crippen molar-refractivity contribution in [2.24, 2.45) is 0 Å². The lowest BCUT2D eigenvalue weighted by molar-refractivity contribution is 0.415. The van der Waals surface area contributed by atoms with E-state index >= 15 is 0 Å². The van der Waals surface area contributed by atoms with Crippen molar-refractivity contribution in [3.63, 3.8) is 0 Å². The van der Waals surface area contributed by atoms with Crippen LogP contribution in [0.3, 0.4) is 0 Å². The average molecular weight is 351 g/mol. The van der Waals surface area contributed by atoms with E-state index in [-0.39, 0.29) is 0 Å². The number of benzene rings is 2. The summed E-state index contributed by atoms with van der Waals surface area (Å²) in [5.74, 6) is 1.87. The van der Waals surface area contributed by atoms with E-state index in [1.165, 1.54) is 0 Å². The molecule has 4 aromatic rings. The van der Waals surface area contributed by atoms with E-state index in [0.717, 1.165) is 33.2 Å². The number of nitrogens with zero attached hydrogens (tertiary/aromatic N) is 2. The molecule has 2 aromatic carbocycles. The van der Waals surface area contributed by atoms with Crippen LogP contribution >= 0.6 is 11.6 Å². The van der Waals surface area contributed by atoms with Crippen LogP contribution in [0.1, 0.15) is 0 Å². The Morgan fingerprint density at radius 1 is 0.960 bits per heavy atom. The Labute approximate surface area is 149 Å². The molecule has 0 aliphatic heterocycles. The number of aromatic nitrogens is 2. The van der Waals surface area contributed by atoms with Crippen LogP contribution in [0.4, 0.5) is 17.3 Å². The van der Waals surface area contributed by atoms with Gasteiger partial charge in [-0.2, -0.15) is 0 Å². The summed E-state index contributed by atoms with van der Waals surface area (Å²) in [6, 6.07) is 16.9. The second-order valence-electron chi connectivity index (χ2n) is 5.60. The maximum absolute atomic E-state index is 6.14. The molecule has 0 fully saturated rings. The van der Waals surface area contributed by atoms with Gasteiger partial charge < -0.3 is 15.8 Å². The lowest BCUT2D eigenvalue weighted by Crippen LogP contribution is -1.99. The van der Waals surface area contributed by atoms with E-state index in [1.807, 2.05) is 48.5 Å². The normalized spacial score (nSPS) is 11.0. The van der Waals surface area contributed by atoms with Crippen molar-refractivity contribution in [1.29, 1.82) is 0 Å². The predicted molar refractivity (Wildman–Crippen MR) is 103 cm³/mol. The molecule has 0 aliphatic carbocycles. The summed E-state index contributed by atoms with van der Waals surface area (Å²) in [5, 5.41) is 5.88. The Balaban J connectivity index is 2.01. The first-order valence-corrected chi connectivity index (χ1v) is 8.08. The summed E-state index contributed by atoms with van der Waals surface area (Å²) < 4.78 is 5.37. The minimum Gasteiger partial charge on any atom is -0.497 e. The molecule has 0 amide bonds. The van der Waals surface area contributed by atoms with Gasteiger partial charge in [-0.25, -0.2) is 9.97 Å². The molecule has 0 radical (unpaired) electrons. The van der Waals surface area contributed by atoms with E-state index in [0.29, 0.717) is 16.7 Å². The lowest BCUT2D eigenvalue weighted by atomic mass is 10.1. The summed E-state index contributed by atoms with van der Waals surface area (Å²) in [7, 11) is 1.64. The maximum atomic E-state index is 6.14. The number of ether oxygens (including phenoxy) is 1. The summed E-state index contributed by atoms with van der Waals surface area (Å²) in [6.45, 7) is 0. The van der Waals surface area contributed by atoms with Crippen molar-refractivity contribution in [1.82, 2.24) is 9.97 Å². The van der Waals surface area contributed by atoms with Crippen LogP contribution in [-0.2, 0) is 0 Å². The van der Waals surface area contributed by atoms with Crippen molar-refractivity contribution in [2.45, 2.75) is 0 Å². The van der Waals surface area contributed by atoms with Gasteiger partial charge in [-0.1, -0.05) is 17.7 Å². The Morgan fingerprint density at radius 3 is 2.64 bits per heavy atom. The zero-order valence-electron chi connectivity index (χ0n) is 13.5. The number of nitrogen functional groups attached to an aromatic ring is 1. The largest absolute Gasteiger partial charge is 0.497 e. The van der Waals surface area contributed by atoms with Crippen LogP contribution < -0.4 is 15.8 Å². The number of anilines is 3. The maximum Gasteiger partial charge on any atom is 0.132 e. The Morgan fingerprint density at radius 2 is 1.84 bits per heavy atom. The van der Waals surface area contributed by atoms with Crippen molar-refractivity contribution in [3.05, 3.63) is 59.6 Å². The van der Waals surface area contributed by atoms with E-state index in [4.69, 9.17) is 27.1 Å². The molecule has 0 bridgehead atoms. The highest BCUT2D eigenvalue weighted by molar-refractivity contribution is 6.31. The predicted octanol–water partition coefficient (Wildman–Crippen LogP) is 4.77. The zero-order valence-corrected chi connectivity index (χ0v) is 14.2. The molecule has 5 nitrogen and oxygen atoms in total. The van der Waals surface area contributed by atoms with Crippen LogP contribution in [0.25, 0.3) is 21.8 Å². The average Bonchev–Trinajstić information content (AvgIpc) is 2.61. The van der Waals surface area contributed by atoms with Crippen molar-refractivity contribution >= 4 is 50.7 Å². The highest BCUT2D eigenvalue weighted by Gasteiger charge is 2.12. The van der Waals surface area contributed by atoms with Crippen molar-refractivity contribution in [2.75, 3.05) is 18.2 Å².